The Morgan fingerprint density at radius 2 is 1.86 bits per heavy atom. The minimum absolute atomic E-state index is 0.0319. The lowest BCUT2D eigenvalue weighted by Crippen LogP contribution is -2.55. The Labute approximate surface area is 264 Å². The Morgan fingerprint density at radius 1 is 1.07 bits per heavy atom. The van der Waals surface area contributed by atoms with Gasteiger partial charge in [0.25, 0.3) is 0 Å². The maximum Gasteiger partial charge on any atom is 0.409 e. The summed E-state index contributed by atoms with van der Waals surface area (Å²) in [6.45, 7) is 7.67. The van der Waals surface area contributed by atoms with E-state index < -0.39 is 23.2 Å². The highest BCUT2D eigenvalue weighted by Crippen LogP contribution is 2.59. The van der Waals surface area contributed by atoms with E-state index in [1.807, 2.05) is 6.92 Å². The molecule has 6 rings (SSSR count). The van der Waals surface area contributed by atoms with Crippen molar-refractivity contribution >= 4 is 11.9 Å². The molecule has 2 bridgehead atoms. The van der Waals surface area contributed by atoms with Gasteiger partial charge in [0.2, 0.25) is 0 Å². The SMILES string of the molecule is CCOC(=O)N(C[C@H]1CCCO1)C[C@]1(O)CC[C@H]2c3ccc(cc3C(=O)C3CCCCC3)C[C@@H](O)CCC(C)=CCC[C@@]21C. The fourth-order valence-corrected chi connectivity index (χ4v) is 8.57. The van der Waals surface area contributed by atoms with E-state index in [9.17, 15) is 19.8 Å². The van der Waals surface area contributed by atoms with Gasteiger partial charge in [0.1, 0.15) is 0 Å². The van der Waals surface area contributed by atoms with Crippen LogP contribution in [-0.4, -0.2) is 71.1 Å². The lowest BCUT2D eigenvalue weighted by atomic mass is 9.64. The lowest BCUT2D eigenvalue weighted by Gasteiger charge is -2.46. The van der Waals surface area contributed by atoms with Crippen molar-refractivity contribution in [3.05, 3.63) is 46.5 Å². The summed E-state index contributed by atoms with van der Waals surface area (Å²) in [5, 5.41) is 23.6. The number of amides is 1. The van der Waals surface area contributed by atoms with Gasteiger partial charge in [-0.25, -0.2) is 4.79 Å². The summed E-state index contributed by atoms with van der Waals surface area (Å²) >= 11 is 0. The molecule has 244 valence electrons. The van der Waals surface area contributed by atoms with Gasteiger partial charge in [0.15, 0.2) is 5.78 Å². The zero-order valence-electron chi connectivity index (χ0n) is 27.3. The van der Waals surface area contributed by atoms with Crippen molar-refractivity contribution in [3.8, 4) is 0 Å². The van der Waals surface area contributed by atoms with Crippen LogP contribution in [0.25, 0.3) is 0 Å². The van der Waals surface area contributed by atoms with Crippen LogP contribution in [0.3, 0.4) is 0 Å². The van der Waals surface area contributed by atoms with Crippen LogP contribution in [0.1, 0.15) is 132 Å². The van der Waals surface area contributed by atoms with Gasteiger partial charge in [-0.15, -0.1) is 0 Å². The second-order valence-electron chi connectivity index (χ2n) is 14.4. The number of aliphatic hydroxyl groups excluding tert-OH is 1. The standard InChI is InChI=1S/C37H55NO6/c1-4-43-35(41)38(24-30-13-9-21-44-30)25-37(42)20-18-33-31-17-15-27(23-32(31)34(40)28-11-6-5-7-12-28)22-29(39)16-14-26(2)10-8-19-36(33,37)3/h10,15,17,23,28-30,33,39,42H,4-9,11-14,16,18-22,24-25H2,1-3H3/t29-,30+,33-,36-,37+/m0/s1. The van der Waals surface area contributed by atoms with E-state index in [4.69, 9.17) is 9.47 Å². The molecule has 0 spiro atoms. The maximum atomic E-state index is 14.2. The van der Waals surface area contributed by atoms with Crippen LogP contribution in [0.4, 0.5) is 4.79 Å². The van der Waals surface area contributed by atoms with Gasteiger partial charge in [-0.1, -0.05) is 50.0 Å². The smallest absolute Gasteiger partial charge is 0.409 e. The summed E-state index contributed by atoms with van der Waals surface area (Å²) < 4.78 is 11.4. The fourth-order valence-electron chi connectivity index (χ4n) is 8.57. The summed E-state index contributed by atoms with van der Waals surface area (Å²) in [7, 11) is 0. The van der Waals surface area contributed by atoms with Crippen molar-refractivity contribution in [2.75, 3.05) is 26.3 Å². The topological polar surface area (TPSA) is 96.3 Å². The largest absolute Gasteiger partial charge is 0.450 e. The molecule has 5 aliphatic rings. The first kappa shape index (κ1) is 33.2. The van der Waals surface area contributed by atoms with Crippen LogP contribution in [-0.2, 0) is 15.9 Å². The lowest BCUT2D eigenvalue weighted by molar-refractivity contribution is -0.0851. The Bertz CT molecular complexity index is 1180. The third-order valence-electron chi connectivity index (χ3n) is 11.3. The highest BCUT2D eigenvalue weighted by Gasteiger charge is 2.58. The average Bonchev–Trinajstić information content (AvgIpc) is 3.61. The van der Waals surface area contributed by atoms with Crippen LogP contribution < -0.4 is 0 Å². The molecule has 1 heterocycles. The number of rotatable bonds is 7. The molecule has 1 aliphatic heterocycles. The Kier molecular flexibility index (Phi) is 10.9. The van der Waals surface area contributed by atoms with Crippen molar-refractivity contribution in [2.45, 2.75) is 134 Å². The number of nitrogens with zero attached hydrogens (tertiary/aromatic N) is 1. The Morgan fingerprint density at radius 3 is 2.59 bits per heavy atom. The predicted octanol–water partition coefficient (Wildman–Crippen LogP) is 7.13. The molecule has 1 amide bonds. The molecular weight excluding hydrogens is 554 g/mol. The first-order chi connectivity index (χ1) is 21.1. The Balaban J connectivity index is 1.54. The summed E-state index contributed by atoms with van der Waals surface area (Å²) in [6, 6.07) is 6.27. The number of carbonyl (C=O) groups is 2. The minimum Gasteiger partial charge on any atom is -0.450 e. The number of allylic oxidation sites excluding steroid dienone is 2. The molecule has 5 atom stereocenters. The van der Waals surface area contributed by atoms with Gasteiger partial charge in [-0.2, -0.15) is 0 Å². The quantitative estimate of drug-likeness (QED) is 0.252. The van der Waals surface area contributed by atoms with Crippen LogP contribution in [0.2, 0.25) is 0 Å². The number of carbonyl (C=O) groups excluding carboxylic acids is 2. The molecule has 1 aromatic rings. The van der Waals surface area contributed by atoms with Gasteiger partial charge >= 0.3 is 6.09 Å². The second-order valence-corrected chi connectivity index (χ2v) is 14.4. The van der Waals surface area contributed by atoms with E-state index in [0.717, 1.165) is 80.9 Å². The third-order valence-corrected chi connectivity index (χ3v) is 11.3. The van der Waals surface area contributed by atoms with Crippen LogP contribution in [0.5, 0.6) is 0 Å². The maximum absolute atomic E-state index is 14.2. The van der Waals surface area contributed by atoms with E-state index in [-0.39, 0.29) is 36.9 Å². The Hall–Kier alpha value is -2.22. The zero-order valence-corrected chi connectivity index (χ0v) is 27.3. The number of fused-ring (bicyclic) bond motifs is 8. The van der Waals surface area contributed by atoms with E-state index >= 15 is 0 Å². The minimum atomic E-state index is -1.16. The van der Waals surface area contributed by atoms with Gasteiger partial charge < -0.3 is 24.6 Å². The number of ether oxygens (including phenoxy) is 2. The molecule has 0 aromatic heterocycles. The number of Topliss-reactive ketones (excluding diaryl/α,β-unsaturated/α-hetero) is 1. The molecule has 7 heteroatoms. The monoisotopic (exact) mass is 609 g/mol. The fraction of sp³-hybridized carbons (Fsp3) is 0.730. The summed E-state index contributed by atoms with van der Waals surface area (Å²) in [5.41, 5.74) is 2.31. The van der Waals surface area contributed by atoms with Crippen molar-refractivity contribution in [1.82, 2.24) is 4.90 Å². The molecule has 0 radical (unpaired) electrons. The number of ketones is 1. The van der Waals surface area contributed by atoms with Crippen molar-refractivity contribution < 1.29 is 29.3 Å². The van der Waals surface area contributed by atoms with Gasteiger partial charge in [0.05, 0.1) is 37.5 Å². The molecule has 7 nitrogen and oxygen atoms in total. The normalized spacial score (nSPS) is 31.7. The molecule has 2 N–H and O–H groups in total. The van der Waals surface area contributed by atoms with Gasteiger partial charge in [-0.05, 0) is 108 Å². The zero-order chi connectivity index (χ0) is 31.3. The molecule has 0 unspecified atom stereocenters. The van der Waals surface area contributed by atoms with Gasteiger partial charge in [0, 0.05) is 23.5 Å². The number of hydrogen-bond acceptors (Lipinski definition) is 6. The van der Waals surface area contributed by atoms with Gasteiger partial charge in [-0.3, -0.25) is 4.79 Å². The van der Waals surface area contributed by atoms with Crippen molar-refractivity contribution in [3.63, 3.8) is 0 Å². The number of hydrogen-bond donors (Lipinski definition) is 2. The van der Waals surface area contributed by atoms with Crippen LogP contribution >= 0.6 is 0 Å². The second kappa shape index (κ2) is 14.5. The van der Waals surface area contributed by atoms with E-state index in [2.05, 4.69) is 38.1 Å². The number of aliphatic hydroxyl groups is 2. The highest BCUT2D eigenvalue weighted by molar-refractivity contribution is 5.99. The third kappa shape index (κ3) is 7.26. The number of benzene rings is 1. The van der Waals surface area contributed by atoms with Crippen LogP contribution in [0.15, 0.2) is 29.8 Å². The summed E-state index contributed by atoms with van der Waals surface area (Å²) in [5.74, 6) is 0.213. The summed E-state index contributed by atoms with van der Waals surface area (Å²) in [4.78, 5) is 29.2. The molecule has 1 saturated heterocycles. The summed E-state index contributed by atoms with van der Waals surface area (Å²) in [6.07, 6.45) is 13.2. The average molecular weight is 610 g/mol. The van der Waals surface area contributed by atoms with E-state index in [0.29, 0.717) is 32.4 Å². The molecule has 44 heavy (non-hydrogen) atoms. The molecule has 3 fully saturated rings. The van der Waals surface area contributed by atoms with Crippen LogP contribution in [0, 0.1) is 11.3 Å². The van der Waals surface area contributed by atoms with Crippen molar-refractivity contribution in [1.29, 1.82) is 0 Å². The van der Waals surface area contributed by atoms with Crippen molar-refractivity contribution in [2.24, 2.45) is 11.3 Å². The predicted molar refractivity (Wildman–Crippen MR) is 172 cm³/mol. The molecule has 4 aliphatic carbocycles. The first-order valence-electron chi connectivity index (χ1n) is 17.4. The van der Waals surface area contributed by atoms with E-state index in [1.54, 1.807) is 4.90 Å². The van der Waals surface area contributed by atoms with E-state index in [1.165, 1.54) is 12.0 Å². The molecule has 1 aromatic carbocycles. The first-order valence-corrected chi connectivity index (χ1v) is 17.4. The molecular formula is C37H55NO6. The molecule has 2 saturated carbocycles. The highest BCUT2D eigenvalue weighted by atomic mass is 16.6.